The Morgan fingerprint density at radius 2 is 1.88 bits per heavy atom. The van der Waals surface area contributed by atoms with Gasteiger partial charge in [0.25, 0.3) is 0 Å². The molecule has 0 saturated heterocycles. The van der Waals surface area contributed by atoms with Crippen LogP contribution in [0.25, 0.3) is 0 Å². The molecule has 0 fully saturated rings. The molecule has 2 N–H and O–H groups in total. The van der Waals surface area contributed by atoms with Crippen molar-refractivity contribution in [2.75, 3.05) is 5.32 Å². The highest BCUT2D eigenvalue weighted by molar-refractivity contribution is 6.35. The molecule has 2 amide bonds. The van der Waals surface area contributed by atoms with Crippen LogP contribution in [-0.4, -0.2) is 16.8 Å². The topological polar surface area (TPSA) is 71.1 Å². The van der Waals surface area contributed by atoms with Crippen molar-refractivity contribution in [1.82, 2.24) is 10.3 Å². The van der Waals surface area contributed by atoms with E-state index >= 15 is 0 Å². The van der Waals surface area contributed by atoms with E-state index in [1.165, 1.54) is 19.9 Å². The Balaban J connectivity index is 2.03. The lowest BCUT2D eigenvalue weighted by Gasteiger charge is -2.23. The Morgan fingerprint density at radius 3 is 2.54 bits per heavy atom. The fraction of sp³-hybridized carbons (Fsp3) is 0.235. The van der Waals surface area contributed by atoms with Gasteiger partial charge in [-0.2, -0.15) is 0 Å². The van der Waals surface area contributed by atoms with Crippen LogP contribution in [0, 0.1) is 5.41 Å². The molecule has 1 heterocycles. The third kappa shape index (κ3) is 4.46. The van der Waals surface area contributed by atoms with E-state index in [0.717, 1.165) is 0 Å². The Morgan fingerprint density at radius 1 is 1.12 bits per heavy atom. The molecular formula is C17H17Cl2N3O2. The van der Waals surface area contributed by atoms with Crippen molar-refractivity contribution in [1.29, 1.82) is 0 Å². The predicted molar refractivity (Wildman–Crippen MR) is 95.0 cm³/mol. The number of hydrogen-bond donors (Lipinski definition) is 2. The molecule has 0 aliphatic heterocycles. The highest BCUT2D eigenvalue weighted by Gasteiger charge is 2.36. The lowest BCUT2D eigenvalue weighted by molar-refractivity contribution is -0.138. The van der Waals surface area contributed by atoms with Crippen LogP contribution in [0.1, 0.15) is 19.5 Å². The average molecular weight is 366 g/mol. The number of nitrogens with zero attached hydrogens (tertiary/aromatic N) is 1. The molecule has 126 valence electrons. The van der Waals surface area contributed by atoms with E-state index in [1.807, 2.05) is 6.07 Å². The number of carbonyl (C=O) groups excluding carboxylic acids is 2. The maximum atomic E-state index is 12.5. The van der Waals surface area contributed by atoms with Crippen molar-refractivity contribution in [2.45, 2.75) is 20.4 Å². The summed E-state index contributed by atoms with van der Waals surface area (Å²) in [6.45, 7) is 3.32. The van der Waals surface area contributed by atoms with Crippen LogP contribution in [0.2, 0.25) is 10.0 Å². The number of pyridine rings is 1. The number of amides is 2. The quantitative estimate of drug-likeness (QED) is 0.794. The summed E-state index contributed by atoms with van der Waals surface area (Å²) in [5.74, 6) is -0.894. The maximum Gasteiger partial charge on any atom is 0.239 e. The minimum Gasteiger partial charge on any atom is -0.350 e. The molecule has 2 aromatic rings. The summed E-state index contributed by atoms with van der Waals surface area (Å²) in [5.41, 5.74) is -0.222. The summed E-state index contributed by atoms with van der Waals surface area (Å²) in [6, 6.07) is 10.1. The minimum absolute atomic E-state index is 0.244. The summed E-state index contributed by atoms with van der Waals surface area (Å²) >= 11 is 11.9. The summed E-state index contributed by atoms with van der Waals surface area (Å²) in [5, 5.41) is 6.13. The monoisotopic (exact) mass is 365 g/mol. The number of halogens is 2. The van der Waals surface area contributed by atoms with Crippen LogP contribution in [-0.2, 0) is 16.1 Å². The Bertz CT molecular complexity index is 749. The van der Waals surface area contributed by atoms with Crippen molar-refractivity contribution in [3.63, 3.8) is 0 Å². The number of hydrogen-bond acceptors (Lipinski definition) is 3. The summed E-state index contributed by atoms with van der Waals surface area (Å²) in [4.78, 5) is 28.9. The van der Waals surface area contributed by atoms with E-state index in [-0.39, 0.29) is 6.54 Å². The van der Waals surface area contributed by atoms with E-state index in [1.54, 1.807) is 30.5 Å². The van der Waals surface area contributed by atoms with Crippen LogP contribution in [0.3, 0.4) is 0 Å². The van der Waals surface area contributed by atoms with Gasteiger partial charge in [0.2, 0.25) is 11.8 Å². The first-order valence-electron chi connectivity index (χ1n) is 7.25. The van der Waals surface area contributed by atoms with Crippen molar-refractivity contribution in [2.24, 2.45) is 5.41 Å². The number of benzene rings is 1. The third-order valence-corrected chi connectivity index (χ3v) is 4.03. The lowest BCUT2D eigenvalue weighted by Crippen LogP contribution is -2.45. The third-order valence-electron chi connectivity index (χ3n) is 3.47. The number of rotatable bonds is 5. The molecule has 0 spiro atoms. The normalized spacial score (nSPS) is 11.0. The Hall–Kier alpha value is -2.11. The standard InChI is InChI=1S/C17H17Cl2N3O2/c1-17(2,15(23)21-10-12-5-3-4-8-20-12)16(24)22-14-9-11(18)6-7-13(14)19/h3-9H,10H2,1-2H3,(H,21,23)(H,22,24). The number of carbonyl (C=O) groups is 2. The molecule has 0 atom stereocenters. The van der Waals surface area contributed by atoms with Gasteiger partial charge in [0.1, 0.15) is 5.41 Å². The van der Waals surface area contributed by atoms with Crippen molar-refractivity contribution >= 4 is 40.7 Å². The fourth-order valence-corrected chi connectivity index (χ4v) is 2.21. The van der Waals surface area contributed by atoms with Crippen LogP contribution < -0.4 is 10.6 Å². The molecule has 0 aliphatic rings. The number of anilines is 1. The molecule has 0 radical (unpaired) electrons. The summed E-state index contributed by atoms with van der Waals surface area (Å²) in [6.07, 6.45) is 1.64. The molecule has 1 aromatic heterocycles. The van der Waals surface area contributed by atoms with Crippen LogP contribution in [0.15, 0.2) is 42.6 Å². The zero-order valence-electron chi connectivity index (χ0n) is 13.3. The molecular weight excluding hydrogens is 349 g/mol. The van der Waals surface area contributed by atoms with Crippen molar-refractivity contribution in [3.05, 3.63) is 58.3 Å². The van der Waals surface area contributed by atoms with E-state index in [4.69, 9.17) is 23.2 Å². The first kappa shape index (κ1) is 18.2. The summed E-state index contributed by atoms with van der Waals surface area (Å²) in [7, 11) is 0. The highest BCUT2D eigenvalue weighted by atomic mass is 35.5. The Kier molecular flexibility index (Phi) is 5.80. The van der Waals surface area contributed by atoms with Crippen LogP contribution in [0.5, 0.6) is 0 Å². The second-order valence-electron chi connectivity index (χ2n) is 5.71. The van der Waals surface area contributed by atoms with Gasteiger partial charge in [-0.1, -0.05) is 29.3 Å². The minimum atomic E-state index is -1.29. The van der Waals surface area contributed by atoms with Gasteiger partial charge in [0, 0.05) is 11.2 Å². The largest absolute Gasteiger partial charge is 0.350 e. The smallest absolute Gasteiger partial charge is 0.239 e. The van der Waals surface area contributed by atoms with Crippen LogP contribution >= 0.6 is 23.2 Å². The first-order valence-corrected chi connectivity index (χ1v) is 8.01. The number of nitrogens with one attached hydrogen (secondary N) is 2. The zero-order valence-corrected chi connectivity index (χ0v) is 14.8. The molecule has 2 rings (SSSR count). The van der Waals surface area contributed by atoms with E-state index in [9.17, 15) is 9.59 Å². The maximum absolute atomic E-state index is 12.5. The molecule has 0 saturated carbocycles. The Labute approximate surface area is 150 Å². The molecule has 0 bridgehead atoms. The lowest BCUT2D eigenvalue weighted by atomic mass is 9.91. The van der Waals surface area contributed by atoms with Gasteiger partial charge in [0.15, 0.2) is 0 Å². The van der Waals surface area contributed by atoms with E-state index < -0.39 is 17.2 Å². The van der Waals surface area contributed by atoms with E-state index in [0.29, 0.717) is 21.4 Å². The van der Waals surface area contributed by atoms with Gasteiger partial charge in [-0.25, -0.2) is 0 Å². The van der Waals surface area contributed by atoms with Gasteiger partial charge in [-0.3, -0.25) is 14.6 Å². The predicted octanol–water partition coefficient (Wildman–Crippen LogP) is 3.67. The van der Waals surface area contributed by atoms with E-state index in [2.05, 4.69) is 15.6 Å². The highest BCUT2D eigenvalue weighted by Crippen LogP contribution is 2.27. The summed E-state index contributed by atoms with van der Waals surface area (Å²) < 4.78 is 0. The van der Waals surface area contributed by atoms with Crippen LogP contribution in [0.4, 0.5) is 5.69 Å². The van der Waals surface area contributed by atoms with Gasteiger partial charge in [0.05, 0.1) is 22.9 Å². The van der Waals surface area contributed by atoms with Gasteiger partial charge in [-0.15, -0.1) is 0 Å². The molecule has 1 aromatic carbocycles. The zero-order chi connectivity index (χ0) is 17.7. The van der Waals surface area contributed by atoms with Crippen molar-refractivity contribution in [3.8, 4) is 0 Å². The molecule has 7 heteroatoms. The molecule has 0 unspecified atom stereocenters. The molecule has 0 aliphatic carbocycles. The number of aromatic nitrogens is 1. The SMILES string of the molecule is CC(C)(C(=O)NCc1ccccn1)C(=O)Nc1cc(Cl)ccc1Cl. The average Bonchev–Trinajstić information content (AvgIpc) is 2.56. The first-order chi connectivity index (χ1) is 11.3. The fourth-order valence-electron chi connectivity index (χ4n) is 1.87. The van der Waals surface area contributed by atoms with Crippen molar-refractivity contribution < 1.29 is 9.59 Å². The molecule has 5 nitrogen and oxygen atoms in total. The van der Waals surface area contributed by atoms with Gasteiger partial charge < -0.3 is 10.6 Å². The second kappa shape index (κ2) is 7.64. The van der Waals surface area contributed by atoms with Gasteiger partial charge in [-0.05, 0) is 44.2 Å². The second-order valence-corrected chi connectivity index (χ2v) is 6.55. The van der Waals surface area contributed by atoms with Gasteiger partial charge >= 0.3 is 0 Å². The molecule has 24 heavy (non-hydrogen) atoms.